The average molecular weight is 291 g/mol. The number of aldehydes is 1. The lowest BCUT2D eigenvalue weighted by atomic mass is 10.1. The highest BCUT2D eigenvalue weighted by Crippen LogP contribution is 2.26. The van der Waals surface area contributed by atoms with Crippen LogP contribution >= 0.6 is 23.2 Å². The maximum absolute atomic E-state index is 11.3. The number of fused-ring (bicyclic) bond motifs is 1. The highest BCUT2D eigenvalue weighted by Gasteiger charge is 2.14. The van der Waals surface area contributed by atoms with Gasteiger partial charge in [0.1, 0.15) is 22.2 Å². The molecule has 0 amide bonds. The maximum atomic E-state index is 11.3. The molecule has 0 spiro atoms. The summed E-state index contributed by atoms with van der Waals surface area (Å²) < 4.78 is 1.62. The SMILES string of the molecule is O=Cc1c(-c2ccc(Cl)cc2)nc2cccc(Cl)n12. The molecule has 0 aliphatic carbocycles. The van der Waals surface area contributed by atoms with Crippen LogP contribution in [0.2, 0.25) is 10.2 Å². The van der Waals surface area contributed by atoms with Crippen LogP contribution in [0.3, 0.4) is 0 Å². The molecule has 2 aromatic heterocycles. The number of pyridine rings is 1. The van der Waals surface area contributed by atoms with Gasteiger partial charge in [-0.15, -0.1) is 0 Å². The molecule has 0 unspecified atom stereocenters. The van der Waals surface area contributed by atoms with Gasteiger partial charge in [-0.1, -0.05) is 41.4 Å². The van der Waals surface area contributed by atoms with E-state index in [1.54, 1.807) is 34.7 Å². The Labute approximate surface area is 119 Å². The minimum atomic E-state index is 0.433. The van der Waals surface area contributed by atoms with Crippen molar-refractivity contribution in [1.82, 2.24) is 9.38 Å². The first-order valence-electron chi connectivity index (χ1n) is 5.59. The van der Waals surface area contributed by atoms with Crippen LogP contribution in [0.5, 0.6) is 0 Å². The Morgan fingerprint density at radius 3 is 2.47 bits per heavy atom. The molecule has 0 saturated carbocycles. The second kappa shape index (κ2) is 4.68. The topological polar surface area (TPSA) is 34.4 Å². The smallest absolute Gasteiger partial charge is 0.169 e. The first kappa shape index (κ1) is 12.2. The van der Waals surface area contributed by atoms with Gasteiger partial charge in [0.15, 0.2) is 6.29 Å². The van der Waals surface area contributed by atoms with Gasteiger partial charge in [0.25, 0.3) is 0 Å². The Balaban J connectivity index is 2.32. The van der Waals surface area contributed by atoms with Crippen LogP contribution in [0.1, 0.15) is 10.5 Å². The molecule has 19 heavy (non-hydrogen) atoms. The van der Waals surface area contributed by atoms with Gasteiger partial charge < -0.3 is 0 Å². The van der Waals surface area contributed by atoms with E-state index in [1.807, 2.05) is 12.1 Å². The summed E-state index contributed by atoms with van der Waals surface area (Å²) in [6.45, 7) is 0. The van der Waals surface area contributed by atoms with E-state index in [4.69, 9.17) is 23.2 Å². The van der Waals surface area contributed by atoms with Gasteiger partial charge in [-0.05, 0) is 24.3 Å². The van der Waals surface area contributed by atoms with Crippen LogP contribution < -0.4 is 0 Å². The fourth-order valence-corrected chi connectivity index (χ4v) is 2.38. The zero-order valence-corrected chi connectivity index (χ0v) is 11.2. The summed E-state index contributed by atoms with van der Waals surface area (Å²) in [5, 5.41) is 1.09. The van der Waals surface area contributed by atoms with E-state index in [0.29, 0.717) is 27.2 Å². The standard InChI is InChI=1S/C14H8Cl2N2O/c15-10-6-4-9(5-7-10)14-11(8-19)18-12(16)2-1-3-13(18)17-14/h1-8H. The van der Waals surface area contributed by atoms with Gasteiger partial charge in [-0.3, -0.25) is 9.20 Å². The molecule has 0 atom stereocenters. The van der Waals surface area contributed by atoms with Gasteiger partial charge in [-0.25, -0.2) is 4.98 Å². The molecular formula is C14H8Cl2N2O. The molecule has 0 fully saturated rings. The van der Waals surface area contributed by atoms with Crippen molar-refractivity contribution in [3.05, 3.63) is 58.3 Å². The van der Waals surface area contributed by atoms with Crippen LogP contribution in [0.15, 0.2) is 42.5 Å². The lowest BCUT2D eigenvalue weighted by molar-refractivity contribution is 0.111. The van der Waals surface area contributed by atoms with Gasteiger partial charge >= 0.3 is 0 Å². The lowest BCUT2D eigenvalue weighted by Gasteiger charge is -2.00. The Bertz CT molecular complexity index is 763. The van der Waals surface area contributed by atoms with Crippen molar-refractivity contribution >= 4 is 35.1 Å². The predicted octanol–water partition coefficient (Wildman–Crippen LogP) is 4.12. The number of aromatic nitrogens is 2. The van der Waals surface area contributed by atoms with Crippen molar-refractivity contribution in [2.75, 3.05) is 0 Å². The number of hydrogen-bond donors (Lipinski definition) is 0. The molecule has 1 aromatic carbocycles. The van der Waals surface area contributed by atoms with E-state index < -0.39 is 0 Å². The van der Waals surface area contributed by atoms with E-state index >= 15 is 0 Å². The molecule has 0 saturated heterocycles. The molecule has 3 aromatic rings. The summed E-state index contributed by atoms with van der Waals surface area (Å²) in [5.74, 6) is 0. The third-order valence-corrected chi connectivity index (χ3v) is 3.41. The average Bonchev–Trinajstić information content (AvgIpc) is 2.79. The Morgan fingerprint density at radius 2 is 1.79 bits per heavy atom. The highest BCUT2D eigenvalue weighted by molar-refractivity contribution is 6.30. The van der Waals surface area contributed by atoms with E-state index in [0.717, 1.165) is 11.8 Å². The molecular weight excluding hydrogens is 283 g/mol. The van der Waals surface area contributed by atoms with E-state index in [9.17, 15) is 4.79 Å². The van der Waals surface area contributed by atoms with Crippen LogP contribution in [0.4, 0.5) is 0 Å². The van der Waals surface area contributed by atoms with Crippen molar-refractivity contribution in [1.29, 1.82) is 0 Å². The fraction of sp³-hybridized carbons (Fsp3) is 0. The van der Waals surface area contributed by atoms with E-state index in [-0.39, 0.29) is 0 Å². The summed E-state index contributed by atoms with van der Waals surface area (Å²) in [7, 11) is 0. The first-order chi connectivity index (χ1) is 9.20. The summed E-state index contributed by atoms with van der Waals surface area (Å²) >= 11 is 12.0. The molecule has 0 bridgehead atoms. The highest BCUT2D eigenvalue weighted by atomic mass is 35.5. The molecule has 0 N–H and O–H groups in total. The molecule has 3 nitrogen and oxygen atoms in total. The minimum Gasteiger partial charge on any atom is -0.296 e. The number of halogens is 2. The quantitative estimate of drug-likeness (QED) is 0.525. The van der Waals surface area contributed by atoms with Crippen molar-refractivity contribution in [3.63, 3.8) is 0 Å². The van der Waals surface area contributed by atoms with E-state index in [1.165, 1.54) is 0 Å². The second-order valence-corrected chi connectivity index (χ2v) is 4.84. The van der Waals surface area contributed by atoms with Gasteiger partial charge in [0.2, 0.25) is 0 Å². The van der Waals surface area contributed by atoms with Crippen molar-refractivity contribution in [3.8, 4) is 11.3 Å². The number of benzene rings is 1. The van der Waals surface area contributed by atoms with Gasteiger partial charge in [0, 0.05) is 10.6 Å². The summed E-state index contributed by atoms with van der Waals surface area (Å²) in [6.07, 6.45) is 0.760. The minimum absolute atomic E-state index is 0.433. The van der Waals surface area contributed by atoms with Crippen molar-refractivity contribution < 1.29 is 4.79 Å². The number of carbonyl (C=O) groups is 1. The molecule has 5 heteroatoms. The zero-order chi connectivity index (χ0) is 13.4. The monoisotopic (exact) mass is 290 g/mol. The van der Waals surface area contributed by atoms with Crippen LogP contribution in [0.25, 0.3) is 16.9 Å². The molecule has 0 radical (unpaired) electrons. The third-order valence-electron chi connectivity index (χ3n) is 2.86. The number of hydrogen-bond acceptors (Lipinski definition) is 2. The fourth-order valence-electron chi connectivity index (χ4n) is 2.00. The van der Waals surface area contributed by atoms with Crippen LogP contribution in [-0.4, -0.2) is 15.7 Å². The lowest BCUT2D eigenvalue weighted by Crippen LogP contribution is -1.93. The molecule has 0 aliphatic rings. The second-order valence-electron chi connectivity index (χ2n) is 4.01. The first-order valence-corrected chi connectivity index (χ1v) is 6.34. The number of nitrogens with zero attached hydrogens (tertiary/aromatic N) is 2. The maximum Gasteiger partial charge on any atom is 0.169 e. The molecule has 2 heterocycles. The predicted molar refractivity (Wildman–Crippen MR) is 76.0 cm³/mol. The third kappa shape index (κ3) is 2.01. The normalized spacial score (nSPS) is 10.8. The van der Waals surface area contributed by atoms with Gasteiger partial charge in [0.05, 0.1) is 0 Å². The Kier molecular flexibility index (Phi) is 3.01. The summed E-state index contributed by atoms with van der Waals surface area (Å²) in [6, 6.07) is 12.5. The van der Waals surface area contributed by atoms with E-state index in [2.05, 4.69) is 4.98 Å². The summed E-state index contributed by atoms with van der Waals surface area (Å²) in [4.78, 5) is 15.8. The Hall–Kier alpha value is -1.84. The molecule has 94 valence electrons. The number of carbonyl (C=O) groups excluding carboxylic acids is 1. The molecule has 3 rings (SSSR count). The van der Waals surface area contributed by atoms with Crippen molar-refractivity contribution in [2.24, 2.45) is 0 Å². The van der Waals surface area contributed by atoms with Crippen LogP contribution in [-0.2, 0) is 0 Å². The summed E-state index contributed by atoms with van der Waals surface area (Å²) in [5.41, 5.74) is 2.49. The van der Waals surface area contributed by atoms with Crippen LogP contribution in [0, 0.1) is 0 Å². The number of rotatable bonds is 2. The zero-order valence-electron chi connectivity index (χ0n) is 9.68. The number of imidazole rings is 1. The van der Waals surface area contributed by atoms with Crippen molar-refractivity contribution in [2.45, 2.75) is 0 Å². The molecule has 0 aliphatic heterocycles. The van der Waals surface area contributed by atoms with Gasteiger partial charge in [-0.2, -0.15) is 0 Å². The Morgan fingerprint density at radius 1 is 1.05 bits per heavy atom. The largest absolute Gasteiger partial charge is 0.296 e.